The van der Waals surface area contributed by atoms with Gasteiger partial charge in [-0.05, 0) is 31.5 Å². The van der Waals surface area contributed by atoms with E-state index in [1.807, 2.05) is 26.0 Å². The summed E-state index contributed by atoms with van der Waals surface area (Å²) in [6.07, 6.45) is 0.111. The first-order valence-electron chi connectivity index (χ1n) is 8.40. The Kier molecular flexibility index (Phi) is 7.18. The maximum absolute atomic E-state index is 8.44. The molecule has 1 fully saturated rings. The van der Waals surface area contributed by atoms with Crippen LogP contribution in [-0.4, -0.2) is 63.5 Å². The summed E-state index contributed by atoms with van der Waals surface area (Å²) in [7, 11) is 1.66. The molecule has 7 nitrogen and oxygen atoms in total. The van der Waals surface area contributed by atoms with Gasteiger partial charge in [-0.15, -0.1) is 0 Å². The van der Waals surface area contributed by atoms with Crippen LogP contribution in [0.1, 0.15) is 13.8 Å². The van der Waals surface area contributed by atoms with E-state index in [1.165, 1.54) is 0 Å². The van der Waals surface area contributed by atoms with Gasteiger partial charge in [-0.3, -0.25) is 4.90 Å². The lowest BCUT2D eigenvalue weighted by molar-refractivity contribution is 0.0679. The van der Waals surface area contributed by atoms with E-state index in [2.05, 4.69) is 32.0 Å². The SMILES string of the molecule is COC(CN=[N+]=[N-])CN1CCN(c2ccccc2OC(C)C)CC1. The molecule has 24 heavy (non-hydrogen) atoms. The summed E-state index contributed by atoms with van der Waals surface area (Å²) < 4.78 is 11.3. The second-order valence-corrected chi connectivity index (χ2v) is 6.19. The number of hydrogen-bond acceptors (Lipinski definition) is 5. The lowest BCUT2D eigenvalue weighted by atomic mass is 10.2. The molecule has 1 heterocycles. The second-order valence-electron chi connectivity index (χ2n) is 6.19. The Balaban J connectivity index is 1.92. The Morgan fingerprint density at radius 1 is 1.21 bits per heavy atom. The van der Waals surface area contributed by atoms with E-state index in [4.69, 9.17) is 15.0 Å². The average Bonchev–Trinajstić information content (AvgIpc) is 2.59. The molecule has 1 saturated heterocycles. The fraction of sp³-hybridized carbons (Fsp3) is 0.647. The Hall–Kier alpha value is -1.95. The normalized spacial score (nSPS) is 16.8. The van der Waals surface area contributed by atoms with Crippen molar-refractivity contribution >= 4 is 5.69 Å². The summed E-state index contributed by atoms with van der Waals surface area (Å²) in [4.78, 5) is 7.52. The van der Waals surface area contributed by atoms with E-state index in [0.29, 0.717) is 6.54 Å². The minimum absolute atomic E-state index is 0.0518. The molecule has 0 amide bonds. The molecule has 2 rings (SSSR count). The third-order valence-corrected chi connectivity index (χ3v) is 4.08. The Morgan fingerprint density at radius 2 is 1.92 bits per heavy atom. The molecule has 0 N–H and O–H groups in total. The van der Waals surface area contributed by atoms with E-state index in [9.17, 15) is 0 Å². The zero-order valence-electron chi connectivity index (χ0n) is 14.8. The van der Waals surface area contributed by atoms with Crippen LogP contribution in [0, 0.1) is 0 Å². The molecular weight excluding hydrogens is 306 g/mol. The van der Waals surface area contributed by atoms with Crippen LogP contribution in [0.3, 0.4) is 0 Å². The number of azide groups is 1. The van der Waals surface area contributed by atoms with Gasteiger partial charge in [0, 0.05) is 44.7 Å². The van der Waals surface area contributed by atoms with Crippen LogP contribution in [0.4, 0.5) is 5.69 Å². The van der Waals surface area contributed by atoms with Gasteiger partial charge in [-0.25, -0.2) is 0 Å². The second kappa shape index (κ2) is 9.37. The highest BCUT2D eigenvalue weighted by Gasteiger charge is 2.22. The van der Waals surface area contributed by atoms with Crippen LogP contribution in [0.25, 0.3) is 10.4 Å². The summed E-state index contributed by atoms with van der Waals surface area (Å²) >= 11 is 0. The highest BCUT2D eigenvalue weighted by Crippen LogP contribution is 2.29. The fourth-order valence-corrected chi connectivity index (χ4v) is 2.87. The zero-order valence-corrected chi connectivity index (χ0v) is 14.8. The van der Waals surface area contributed by atoms with E-state index in [-0.39, 0.29) is 12.2 Å². The predicted octanol–water partition coefficient (Wildman–Crippen LogP) is 2.92. The summed E-state index contributed by atoms with van der Waals surface area (Å²) in [6, 6.07) is 8.21. The van der Waals surface area contributed by atoms with Crippen molar-refractivity contribution in [1.82, 2.24) is 4.90 Å². The van der Waals surface area contributed by atoms with Gasteiger partial charge in [0.05, 0.1) is 24.4 Å². The van der Waals surface area contributed by atoms with Gasteiger partial charge in [0.15, 0.2) is 0 Å². The molecule has 0 aromatic heterocycles. The molecule has 0 spiro atoms. The van der Waals surface area contributed by atoms with Crippen LogP contribution < -0.4 is 9.64 Å². The van der Waals surface area contributed by atoms with Crippen molar-refractivity contribution in [3.63, 3.8) is 0 Å². The first-order chi connectivity index (χ1) is 11.6. The van der Waals surface area contributed by atoms with Crippen molar-refractivity contribution in [3.8, 4) is 5.75 Å². The number of methoxy groups -OCH3 is 1. The highest BCUT2D eigenvalue weighted by molar-refractivity contribution is 5.58. The summed E-state index contributed by atoms with van der Waals surface area (Å²) in [5.41, 5.74) is 9.59. The molecular formula is C17H27N5O2. The maximum Gasteiger partial charge on any atom is 0.142 e. The van der Waals surface area contributed by atoms with Crippen LogP contribution in [0.5, 0.6) is 5.75 Å². The average molecular weight is 333 g/mol. The number of rotatable bonds is 8. The van der Waals surface area contributed by atoms with Crippen molar-refractivity contribution < 1.29 is 9.47 Å². The van der Waals surface area contributed by atoms with Crippen molar-refractivity contribution in [2.45, 2.75) is 26.1 Å². The number of benzene rings is 1. The molecule has 0 saturated carbocycles. The minimum atomic E-state index is -0.0518. The summed E-state index contributed by atoms with van der Waals surface area (Å²) in [5.74, 6) is 0.944. The lowest BCUT2D eigenvalue weighted by Gasteiger charge is -2.37. The topological polar surface area (TPSA) is 73.7 Å². The van der Waals surface area contributed by atoms with Gasteiger partial charge in [0.25, 0.3) is 0 Å². The van der Waals surface area contributed by atoms with Gasteiger partial charge in [0.1, 0.15) is 5.75 Å². The van der Waals surface area contributed by atoms with Crippen LogP contribution in [0.2, 0.25) is 0 Å². The number of hydrogen-bond donors (Lipinski definition) is 0. The third kappa shape index (κ3) is 5.30. The molecule has 1 unspecified atom stereocenters. The number of ether oxygens (including phenoxy) is 2. The highest BCUT2D eigenvalue weighted by atomic mass is 16.5. The van der Waals surface area contributed by atoms with Gasteiger partial charge < -0.3 is 14.4 Å². The lowest BCUT2D eigenvalue weighted by Crippen LogP contribution is -2.49. The van der Waals surface area contributed by atoms with E-state index < -0.39 is 0 Å². The van der Waals surface area contributed by atoms with E-state index in [1.54, 1.807) is 7.11 Å². The molecule has 1 aliphatic heterocycles. The van der Waals surface area contributed by atoms with E-state index in [0.717, 1.165) is 44.2 Å². The zero-order chi connectivity index (χ0) is 17.4. The van der Waals surface area contributed by atoms with Crippen molar-refractivity contribution in [3.05, 3.63) is 34.7 Å². The summed E-state index contributed by atoms with van der Waals surface area (Å²) in [5, 5.41) is 3.61. The predicted molar refractivity (Wildman–Crippen MR) is 95.7 cm³/mol. The molecule has 7 heteroatoms. The smallest absolute Gasteiger partial charge is 0.142 e. The van der Waals surface area contributed by atoms with Crippen molar-refractivity contribution in [2.75, 3.05) is 51.3 Å². The molecule has 0 aliphatic carbocycles. The Morgan fingerprint density at radius 3 is 2.54 bits per heavy atom. The first-order valence-corrected chi connectivity index (χ1v) is 8.40. The Bertz CT molecular complexity index is 552. The fourth-order valence-electron chi connectivity index (χ4n) is 2.87. The number of nitrogens with zero attached hydrogens (tertiary/aromatic N) is 5. The largest absolute Gasteiger partial charge is 0.489 e. The minimum Gasteiger partial charge on any atom is -0.489 e. The molecule has 0 bridgehead atoms. The molecule has 1 aromatic carbocycles. The first kappa shape index (κ1) is 18.4. The van der Waals surface area contributed by atoms with Crippen LogP contribution in [0.15, 0.2) is 29.4 Å². The summed E-state index contributed by atoms with van der Waals surface area (Å²) in [6.45, 7) is 9.03. The Labute approximate surface area is 143 Å². The number of piperazine rings is 1. The number of para-hydroxylation sites is 2. The molecule has 132 valence electrons. The van der Waals surface area contributed by atoms with Gasteiger partial charge in [-0.2, -0.15) is 0 Å². The van der Waals surface area contributed by atoms with Gasteiger partial charge in [-0.1, -0.05) is 17.2 Å². The third-order valence-electron chi connectivity index (χ3n) is 4.08. The van der Waals surface area contributed by atoms with Crippen LogP contribution in [-0.2, 0) is 4.74 Å². The molecule has 1 atom stereocenters. The molecule has 0 radical (unpaired) electrons. The van der Waals surface area contributed by atoms with E-state index >= 15 is 0 Å². The van der Waals surface area contributed by atoms with Crippen molar-refractivity contribution in [2.24, 2.45) is 5.11 Å². The van der Waals surface area contributed by atoms with Crippen molar-refractivity contribution in [1.29, 1.82) is 0 Å². The quantitative estimate of drug-likeness (QED) is 0.416. The molecule has 1 aliphatic rings. The number of anilines is 1. The maximum atomic E-state index is 8.44. The van der Waals surface area contributed by atoms with Crippen LogP contribution >= 0.6 is 0 Å². The van der Waals surface area contributed by atoms with Gasteiger partial charge in [0.2, 0.25) is 0 Å². The standard InChI is InChI=1S/C17H27N5O2/c1-14(2)24-17-7-5-4-6-16(17)22-10-8-21(9-11-22)13-15(23-3)12-19-20-18/h4-7,14-15H,8-13H2,1-3H3. The molecule has 1 aromatic rings. The monoisotopic (exact) mass is 333 g/mol. The van der Waals surface area contributed by atoms with Gasteiger partial charge >= 0.3 is 0 Å².